The second kappa shape index (κ2) is 7.40. The molecule has 1 heterocycles. The van der Waals surface area contributed by atoms with E-state index in [1.807, 2.05) is 48.5 Å². The maximum Gasteiger partial charge on any atom is 0.337 e. The van der Waals surface area contributed by atoms with Gasteiger partial charge in [0, 0.05) is 11.1 Å². The lowest BCUT2D eigenvalue weighted by Crippen LogP contribution is -2.83. The molecule has 4 rings (SSSR count). The van der Waals surface area contributed by atoms with Crippen LogP contribution in [0.4, 0.5) is 0 Å². The molecule has 0 atom stereocenters. The van der Waals surface area contributed by atoms with Crippen molar-refractivity contribution in [3.63, 3.8) is 0 Å². The smallest absolute Gasteiger partial charge is 0.337 e. The van der Waals surface area contributed by atoms with Crippen molar-refractivity contribution in [2.75, 3.05) is 7.11 Å². The molecule has 0 fully saturated rings. The number of esters is 1. The third-order valence-corrected chi connectivity index (χ3v) is 4.50. The topological polar surface area (TPSA) is 55.3 Å². The summed E-state index contributed by atoms with van der Waals surface area (Å²) in [4.78, 5) is 16.6. The van der Waals surface area contributed by atoms with Gasteiger partial charge in [-0.05, 0) is 36.4 Å². The molecule has 0 radical (unpaired) electrons. The molecule has 0 spiro atoms. The summed E-state index contributed by atoms with van der Waals surface area (Å²) < 4.78 is 4.77. The zero-order chi connectivity index (χ0) is 18.6. The first kappa shape index (κ1) is 16.9. The van der Waals surface area contributed by atoms with Gasteiger partial charge >= 0.3 is 5.97 Å². The molecule has 2 N–H and O–H groups in total. The van der Waals surface area contributed by atoms with Gasteiger partial charge in [-0.15, -0.1) is 0 Å². The summed E-state index contributed by atoms with van der Waals surface area (Å²) in [5.41, 5.74) is 5.74. The molecule has 0 amide bonds. The molecule has 0 saturated heterocycles. The molecule has 1 aliphatic rings. The summed E-state index contributed by atoms with van der Waals surface area (Å²) in [5.74, 6) is 0.538. The Balaban J connectivity index is 1.72. The highest BCUT2D eigenvalue weighted by molar-refractivity contribution is 6.05. The average Bonchev–Trinajstić information content (AvgIpc) is 3.20. The minimum absolute atomic E-state index is 0.341. The van der Waals surface area contributed by atoms with Gasteiger partial charge in [0.1, 0.15) is 5.70 Å². The number of aliphatic imine (C=N–C) groups is 1. The second-order valence-corrected chi connectivity index (χ2v) is 6.20. The Labute approximate surface area is 157 Å². The van der Waals surface area contributed by atoms with Gasteiger partial charge in [-0.25, -0.2) is 4.79 Å². The van der Waals surface area contributed by atoms with Crippen LogP contribution in [0, 0.1) is 0 Å². The molecule has 27 heavy (non-hydrogen) atoms. The van der Waals surface area contributed by atoms with Crippen LogP contribution in [-0.4, -0.2) is 18.9 Å². The number of hydrogen-bond acceptors (Lipinski definition) is 3. The van der Waals surface area contributed by atoms with Gasteiger partial charge in [-0.3, -0.25) is 5.32 Å². The Hall–Kier alpha value is -3.50. The zero-order valence-corrected chi connectivity index (χ0v) is 14.9. The van der Waals surface area contributed by atoms with E-state index in [1.54, 1.807) is 12.1 Å². The van der Waals surface area contributed by atoms with Crippen LogP contribution in [0.1, 0.15) is 27.0 Å². The minimum atomic E-state index is -0.341. The predicted octanol–water partition coefficient (Wildman–Crippen LogP) is 3.32. The number of carbonyl (C=O) groups excluding carboxylic acids is 1. The summed E-state index contributed by atoms with van der Waals surface area (Å²) in [6, 6.07) is 27.8. The van der Waals surface area contributed by atoms with Crippen LogP contribution in [0.25, 0.3) is 11.4 Å². The second-order valence-electron chi connectivity index (χ2n) is 6.20. The lowest BCUT2D eigenvalue weighted by Gasteiger charge is -2.04. The van der Waals surface area contributed by atoms with E-state index in [4.69, 9.17) is 9.73 Å². The van der Waals surface area contributed by atoms with Crippen molar-refractivity contribution in [2.45, 2.75) is 0 Å². The van der Waals surface area contributed by atoms with Crippen molar-refractivity contribution in [3.05, 3.63) is 107 Å². The molecule has 3 aromatic rings. The van der Waals surface area contributed by atoms with Crippen LogP contribution in [-0.2, 0) is 4.74 Å². The zero-order valence-electron chi connectivity index (χ0n) is 14.9. The number of quaternary nitrogens is 1. The Morgan fingerprint density at radius 3 is 1.96 bits per heavy atom. The molecule has 3 aromatic carbocycles. The standard InChI is InChI=1S/C23H18N2O2/c1-27-23(26)19-14-12-18(13-15-19)22-24-20(16-8-4-2-5-9-16)21(25-22)17-10-6-3-7-11-17/h2-15H,1H3,(H,24,25)/p+1. The lowest BCUT2D eigenvalue weighted by atomic mass is 10.1. The van der Waals surface area contributed by atoms with E-state index in [-0.39, 0.29) is 5.97 Å². The normalized spacial score (nSPS) is 13.4. The fourth-order valence-electron chi connectivity index (χ4n) is 3.11. The summed E-state index contributed by atoms with van der Waals surface area (Å²) >= 11 is 0. The number of ether oxygens (including phenoxy) is 1. The quantitative estimate of drug-likeness (QED) is 0.730. The van der Waals surface area contributed by atoms with Gasteiger partial charge < -0.3 is 4.74 Å². The maximum absolute atomic E-state index is 11.7. The van der Waals surface area contributed by atoms with E-state index >= 15 is 0 Å². The fraction of sp³-hybridized carbons (Fsp3) is 0.0435. The fourth-order valence-corrected chi connectivity index (χ4v) is 3.11. The average molecular weight is 355 g/mol. The Morgan fingerprint density at radius 2 is 1.37 bits per heavy atom. The summed E-state index contributed by atoms with van der Waals surface area (Å²) in [6.45, 7) is 0. The molecule has 0 aromatic heterocycles. The van der Waals surface area contributed by atoms with Crippen LogP contribution in [0.15, 0.2) is 89.9 Å². The van der Waals surface area contributed by atoms with Crippen molar-refractivity contribution in [2.24, 2.45) is 4.99 Å². The summed E-state index contributed by atoms with van der Waals surface area (Å²) in [5, 5.41) is 2.10. The first-order valence-electron chi connectivity index (χ1n) is 8.73. The number of rotatable bonds is 4. The van der Waals surface area contributed by atoms with E-state index in [1.165, 1.54) is 7.11 Å². The molecular weight excluding hydrogens is 336 g/mol. The first-order chi connectivity index (χ1) is 13.3. The van der Waals surface area contributed by atoms with Gasteiger partial charge in [-0.1, -0.05) is 48.5 Å². The van der Waals surface area contributed by atoms with Crippen molar-refractivity contribution < 1.29 is 14.8 Å². The Kier molecular flexibility index (Phi) is 4.64. The third-order valence-electron chi connectivity index (χ3n) is 4.50. The number of benzene rings is 3. The molecule has 1 aliphatic heterocycles. The number of amidine groups is 1. The van der Waals surface area contributed by atoms with E-state index < -0.39 is 0 Å². The molecule has 132 valence electrons. The highest BCUT2D eigenvalue weighted by Gasteiger charge is 2.26. The number of nitrogens with two attached hydrogens (primary N) is 1. The molecule has 4 nitrogen and oxygen atoms in total. The highest BCUT2D eigenvalue weighted by atomic mass is 16.5. The van der Waals surface area contributed by atoms with Crippen LogP contribution in [0.5, 0.6) is 0 Å². The minimum Gasteiger partial charge on any atom is -0.465 e. The van der Waals surface area contributed by atoms with Crippen LogP contribution < -0.4 is 5.32 Å². The van der Waals surface area contributed by atoms with Crippen molar-refractivity contribution in [1.29, 1.82) is 0 Å². The molecule has 0 unspecified atom stereocenters. The first-order valence-corrected chi connectivity index (χ1v) is 8.73. The maximum atomic E-state index is 11.7. The van der Waals surface area contributed by atoms with Crippen molar-refractivity contribution in [1.82, 2.24) is 0 Å². The summed E-state index contributed by atoms with van der Waals surface area (Å²) in [7, 11) is 1.38. The molecular formula is C23H19N2O2+. The van der Waals surface area contributed by atoms with Crippen LogP contribution in [0.3, 0.4) is 0 Å². The number of methoxy groups -OCH3 is 1. The predicted molar refractivity (Wildman–Crippen MR) is 106 cm³/mol. The van der Waals surface area contributed by atoms with Crippen LogP contribution >= 0.6 is 0 Å². The molecule has 0 bridgehead atoms. The van der Waals surface area contributed by atoms with Gasteiger partial charge in [0.05, 0.1) is 18.2 Å². The highest BCUT2D eigenvalue weighted by Crippen LogP contribution is 2.26. The number of hydrogen-bond donors (Lipinski definition) is 1. The monoisotopic (exact) mass is 355 g/mol. The van der Waals surface area contributed by atoms with Crippen LogP contribution in [0.2, 0.25) is 0 Å². The number of nitrogens with zero attached hydrogens (tertiary/aromatic N) is 1. The van der Waals surface area contributed by atoms with Gasteiger partial charge in [0.2, 0.25) is 5.84 Å². The Morgan fingerprint density at radius 1 is 0.778 bits per heavy atom. The largest absolute Gasteiger partial charge is 0.465 e. The van der Waals surface area contributed by atoms with Crippen molar-refractivity contribution >= 4 is 23.2 Å². The molecule has 0 aliphatic carbocycles. The summed E-state index contributed by atoms with van der Waals surface area (Å²) in [6.07, 6.45) is 0. The van der Waals surface area contributed by atoms with Crippen molar-refractivity contribution in [3.8, 4) is 0 Å². The van der Waals surface area contributed by atoms with E-state index in [9.17, 15) is 4.79 Å². The van der Waals surface area contributed by atoms with E-state index in [0.717, 1.165) is 33.9 Å². The number of carbonyl (C=O) groups is 1. The van der Waals surface area contributed by atoms with E-state index in [0.29, 0.717) is 5.56 Å². The SMILES string of the molecule is COC(=O)c1ccc(C2=NC(c3ccccc3)=C(c3ccccc3)[NH2+]2)cc1. The van der Waals surface area contributed by atoms with E-state index in [2.05, 4.69) is 29.6 Å². The van der Waals surface area contributed by atoms with Gasteiger partial charge in [0.25, 0.3) is 0 Å². The molecule has 4 heteroatoms. The Bertz CT molecular complexity index is 1020. The van der Waals surface area contributed by atoms with Gasteiger partial charge in [0.15, 0.2) is 5.70 Å². The molecule has 0 saturated carbocycles. The lowest BCUT2D eigenvalue weighted by molar-refractivity contribution is -0.428. The van der Waals surface area contributed by atoms with Gasteiger partial charge in [-0.2, -0.15) is 4.99 Å². The third kappa shape index (κ3) is 3.43.